The molecule has 1 N–H and O–H groups in total. The Balaban J connectivity index is 1.61. The van der Waals surface area contributed by atoms with Crippen LogP contribution in [0.2, 0.25) is 0 Å². The van der Waals surface area contributed by atoms with Crippen molar-refractivity contribution >= 4 is 11.7 Å². The number of aryl methyl sites for hydroxylation is 2. The molecule has 7 nitrogen and oxygen atoms in total. The molecule has 0 aliphatic rings. The van der Waals surface area contributed by atoms with Gasteiger partial charge in [-0.05, 0) is 43.5 Å². The Kier molecular flexibility index (Phi) is 6.28. The number of nitrogens with zero attached hydrogens (tertiary/aromatic N) is 4. The highest BCUT2D eigenvalue weighted by Crippen LogP contribution is 2.27. The van der Waals surface area contributed by atoms with Gasteiger partial charge in [0.05, 0.1) is 0 Å². The molecule has 0 spiro atoms. The maximum absolute atomic E-state index is 12.9. The van der Waals surface area contributed by atoms with Gasteiger partial charge >= 0.3 is 12.5 Å². The van der Waals surface area contributed by atoms with Crippen molar-refractivity contribution in [3.05, 3.63) is 52.6 Å². The number of benzene rings is 1. The van der Waals surface area contributed by atoms with Crippen LogP contribution in [0.4, 0.5) is 26.3 Å². The number of carbonyl (C=O) groups excluding carboxylic acids is 1. The van der Waals surface area contributed by atoms with Gasteiger partial charge in [-0.15, -0.1) is 18.3 Å². The smallest absolute Gasteiger partial charge is 0.406 e. The molecule has 2 heterocycles. The van der Waals surface area contributed by atoms with Gasteiger partial charge in [0.15, 0.2) is 0 Å². The Morgan fingerprint density at radius 3 is 2.31 bits per heavy atom. The summed E-state index contributed by atoms with van der Waals surface area (Å²) in [7, 11) is 0. The predicted octanol–water partition coefficient (Wildman–Crippen LogP) is 3.91. The molecule has 0 bridgehead atoms. The third-order valence-corrected chi connectivity index (χ3v) is 4.55. The summed E-state index contributed by atoms with van der Waals surface area (Å²) in [5.74, 6) is -2.20. The van der Waals surface area contributed by atoms with Crippen LogP contribution in [0.5, 0.6) is 5.75 Å². The lowest BCUT2D eigenvalue weighted by atomic mass is 10.1. The summed E-state index contributed by atoms with van der Waals surface area (Å²) in [5, 5.41) is 6.09. The summed E-state index contributed by atoms with van der Waals surface area (Å²) in [6.07, 6.45) is -9.27. The first-order valence-electron chi connectivity index (χ1n) is 9.25. The minimum Gasteiger partial charge on any atom is -0.406 e. The molecule has 32 heavy (non-hydrogen) atoms. The van der Waals surface area contributed by atoms with Crippen molar-refractivity contribution in [2.75, 3.05) is 0 Å². The quantitative estimate of drug-likeness (QED) is 0.563. The van der Waals surface area contributed by atoms with Gasteiger partial charge < -0.3 is 10.1 Å². The lowest BCUT2D eigenvalue weighted by Gasteiger charge is -2.11. The Morgan fingerprint density at radius 2 is 1.72 bits per heavy atom. The average molecular weight is 461 g/mol. The van der Waals surface area contributed by atoms with Crippen molar-refractivity contribution in [2.24, 2.45) is 0 Å². The topological polar surface area (TPSA) is 81.4 Å². The fraction of sp³-hybridized carbons (Fsp3) is 0.368. The minimum absolute atomic E-state index is 0.0188. The molecule has 3 rings (SSSR count). The highest BCUT2D eigenvalue weighted by atomic mass is 19.4. The van der Waals surface area contributed by atoms with E-state index < -0.39 is 18.4 Å². The Morgan fingerprint density at radius 1 is 1.06 bits per heavy atom. The zero-order chi connectivity index (χ0) is 23.7. The number of aromatic nitrogens is 4. The number of ether oxygens (including phenoxy) is 1. The zero-order valence-electron chi connectivity index (χ0n) is 16.8. The van der Waals surface area contributed by atoms with Crippen LogP contribution in [0.3, 0.4) is 0 Å². The van der Waals surface area contributed by atoms with E-state index in [-0.39, 0.29) is 36.8 Å². The van der Waals surface area contributed by atoms with Gasteiger partial charge in [0.1, 0.15) is 5.75 Å². The van der Waals surface area contributed by atoms with E-state index in [0.29, 0.717) is 22.5 Å². The first-order valence-corrected chi connectivity index (χ1v) is 9.25. The molecule has 0 aliphatic carbocycles. The average Bonchev–Trinajstić information content (AvgIpc) is 3.11. The molecule has 3 aromatic rings. The van der Waals surface area contributed by atoms with Gasteiger partial charge in [-0.2, -0.15) is 18.2 Å². The number of amides is 1. The molecule has 0 fully saturated rings. The van der Waals surface area contributed by atoms with Gasteiger partial charge in [0.25, 0.3) is 11.6 Å². The molecule has 1 amide bonds. The molecule has 2 aromatic heterocycles. The Hall–Kier alpha value is -3.38. The molecule has 0 atom stereocenters. The van der Waals surface area contributed by atoms with Gasteiger partial charge in [-0.25, -0.2) is 9.50 Å². The number of nitrogens with one attached hydrogen (secondary N) is 1. The summed E-state index contributed by atoms with van der Waals surface area (Å²) in [6, 6.07) is 5.04. The monoisotopic (exact) mass is 461 g/mol. The second-order valence-electron chi connectivity index (χ2n) is 6.87. The van der Waals surface area contributed by atoms with Gasteiger partial charge in [-0.1, -0.05) is 12.1 Å². The van der Waals surface area contributed by atoms with Crippen LogP contribution in [-0.2, 0) is 23.9 Å². The summed E-state index contributed by atoms with van der Waals surface area (Å²) in [6.45, 7) is 3.25. The van der Waals surface area contributed by atoms with Crippen molar-refractivity contribution in [3.8, 4) is 5.75 Å². The predicted molar refractivity (Wildman–Crippen MR) is 98.6 cm³/mol. The fourth-order valence-corrected chi connectivity index (χ4v) is 3.03. The van der Waals surface area contributed by atoms with Crippen molar-refractivity contribution in [1.29, 1.82) is 0 Å². The zero-order valence-corrected chi connectivity index (χ0v) is 16.8. The normalized spacial score (nSPS) is 12.2. The molecule has 0 unspecified atom stereocenters. The summed E-state index contributed by atoms with van der Waals surface area (Å²) in [4.78, 5) is 19.6. The number of hydrogen-bond donors (Lipinski definition) is 1. The van der Waals surface area contributed by atoms with Crippen LogP contribution < -0.4 is 10.1 Å². The van der Waals surface area contributed by atoms with E-state index in [0.717, 1.165) is 16.6 Å². The van der Waals surface area contributed by atoms with E-state index in [1.807, 2.05) is 0 Å². The van der Waals surface area contributed by atoms with Crippen LogP contribution in [-0.4, -0.2) is 31.9 Å². The third kappa shape index (κ3) is 5.65. The van der Waals surface area contributed by atoms with Gasteiger partial charge in [-0.3, -0.25) is 4.79 Å². The highest BCUT2D eigenvalue weighted by molar-refractivity contribution is 5.76. The molecule has 13 heteroatoms. The van der Waals surface area contributed by atoms with Crippen LogP contribution in [0.25, 0.3) is 5.78 Å². The molecule has 1 aromatic carbocycles. The van der Waals surface area contributed by atoms with Crippen molar-refractivity contribution < 1.29 is 35.9 Å². The molecular formula is C19H17F6N5O2. The number of carbonyl (C=O) groups is 1. The highest BCUT2D eigenvalue weighted by Gasteiger charge is 2.37. The van der Waals surface area contributed by atoms with E-state index in [1.165, 1.54) is 12.1 Å². The van der Waals surface area contributed by atoms with E-state index in [1.54, 1.807) is 13.8 Å². The van der Waals surface area contributed by atoms with E-state index in [9.17, 15) is 31.1 Å². The first-order chi connectivity index (χ1) is 14.8. The van der Waals surface area contributed by atoms with Crippen LogP contribution in [0, 0.1) is 13.8 Å². The fourth-order valence-electron chi connectivity index (χ4n) is 3.03. The molecule has 172 valence electrons. The van der Waals surface area contributed by atoms with Gasteiger partial charge in [0.2, 0.25) is 5.91 Å². The minimum atomic E-state index is -4.79. The maximum atomic E-state index is 12.9. The van der Waals surface area contributed by atoms with Crippen LogP contribution >= 0.6 is 0 Å². The van der Waals surface area contributed by atoms with Crippen LogP contribution in [0.15, 0.2) is 24.3 Å². The van der Waals surface area contributed by atoms with Gasteiger partial charge in [0, 0.05) is 24.4 Å². The summed E-state index contributed by atoms with van der Waals surface area (Å²) in [5.41, 5.74) is 1.96. The Labute approximate surface area is 177 Å². The number of halogens is 6. The van der Waals surface area contributed by atoms with E-state index >= 15 is 0 Å². The number of rotatable bonds is 6. The SMILES string of the molecule is Cc1nc2nc(C(F)(F)F)nn2c(C)c1CCC(=O)NCc1ccc(OC(F)(F)F)cc1. The maximum Gasteiger partial charge on any atom is 0.573 e. The summed E-state index contributed by atoms with van der Waals surface area (Å²) >= 11 is 0. The number of fused-ring (bicyclic) bond motifs is 1. The standard InChI is InChI=1S/C19H17F6N5O2/c1-10-14(11(2)30-17(27-10)28-16(29-30)18(20,21)22)7-8-15(31)26-9-12-3-5-13(6-4-12)32-19(23,24)25/h3-6H,7-9H2,1-2H3,(H,26,31). The number of hydrogen-bond acceptors (Lipinski definition) is 5. The molecule has 0 saturated heterocycles. The second kappa shape index (κ2) is 8.63. The lowest BCUT2D eigenvalue weighted by molar-refractivity contribution is -0.274. The van der Waals surface area contributed by atoms with Crippen molar-refractivity contribution in [1.82, 2.24) is 24.9 Å². The molecule has 0 aliphatic heterocycles. The van der Waals surface area contributed by atoms with Crippen LogP contribution in [0.1, 0.15) is 34.8 Å². The third-order valence-electron chi connectivity index (χ3n) is 4.55. The molecule has 0 radical (unpaired) electrons. The van der Waals surface area contributed by atoms with Crippen molar-refractivity contribution in [2.45, 2.75) is 45.8 Å². The molecule has 0 saturated carbocycles. The lowest BCUT2D eigenvalue weighted by Crippen LogP contribution is -2.23. The van der Waals surface area contributed by atoms with Crippen molar-refractivity contribution in [3.63, 3.8) is 0 Å². The first kappa shape index (κ1) is 23.3. The number of alkyl halides is 6. The largest absolute Gasteiger partial charge is 0.573 e. The van der Waals surface area contributed by atoms with E-state index in [4.69, 9.17) is 0 Å². The molecular weight excluding hydrogens is 444 g/mol. The summed E-state index contributed by atoms with van der Waals surface area (Å²) < 4.78 is 79.9. The Bertz CT molecular complexity index is 1120. The second-order valence-corrected chi connectivity index (χ2v) is 6.87. The van der Waals surface area contributed by atoms with E-state index in [2.05, 4.69) is 25.1 Å².